The van der Waals surface area contributed by atoms with Gasteiger partial charge in [-0.1, -0.05) is 13.2 Å². The van der Waals surface area contributed by atoms with E-state index in [9.17, 15) is 0 Å². The summed E-state index contributed by atoms with van der Waals surface area (Å²) in [6, 6.07) is 0. The first-order valence-corrected chi connectivity index (χ1v) is 2.98. The second-order valence-corrected chi connectivity index (χ2v) is 2.25. The van der Waals surface area contributed by atoms with E-state index in [0.29, 0.717) is 4.61 Å². The number of halogens is 1. The van der Waals surface area contributed by atoms with Gasteiger partial charge in [0.25, 0.3) is 0 Å². The summed E-state index contributed by atoms with van der Waals surface area (Å²) in [6.07, 6.45) is 1.67. The fourth-order valence-electron chi connectivity index (χ4n) is 0.237. The SMILES string of the molecule is C=C/C(C)=N\C(=C)Br. The van der Waals surface area contributed by atoms with Gasteiger partial charge in [0.1, 0.15) is 0 Å². The quantitative estimate of drug-likeness (QED) is 0.450. The normalized spacial score (nSPS) is 11.0. The first kappa shape index (κ1) is 7.63. The van der Waals surface area contributed by atoms with Crippen molar-refractivity contribution in [2.45, 2.75) is 6.92 Å². The topological polar surface area (TPSA) is 12.4 Å². The Labute approximate surface area is 57.9 Å². The average Bonchev–Trinajstić information content (AvgIpc) is 1.65. The summed E-state index contributed by atoms with van der Waals surface area (Å²) in [6.45, 7) is 8.91. The summed E-state index contributed by atoms with van der Waals surface area (Å²) in [5, 5.41) is 0. The highest BCUT2D eigenvalue weighted by molar-refractivity contribution is 9.11. The summed E-state index contributed by atoms with van der Waals surface area (Å²) in [7, 11) is 0. The molecule has 0 saturated carbocycles. The van der Waals surface area contributed by atoms with Gasteiger partial charge in [0.15, 0.2) is 0 Å². The highest BCUT2D eigenvalue weighted by atomic mass is 79.9. The molecule has 0 aromatic heterocycles. The van der Waals surface area contributed by atoms with Crippen molar-refractivity contribution in [1.29, 1.82) is 0 Å². The Morgan fingerprint density at radius 1 is 1.75 bits per heavy atom. The summed E-state index contributed by atoms with van der Waals surface area (Å²) < 4.78 is 0.634. The van der Waals surface area contributed by atoms with Crippen LogP contribution in [0.15, 0.2) is 28.8 Å². The zero-order chi connectivity index (χ0) is 6.57. The van der Waals surface area contributed by atoms with Crippen molar-refractivity contribution < 1.29 is 0 Å². The minimum Gasteiger partial charge on any atom is -0.247 e. The van der Waals surface area contributed by atoms with Crippen LogP contribution in [0.3, 0.4) is 0 Å². The van der Waals surface area contributed by atoms with Crippen LogP contribution < -0.4 is 0 Å². The fraction of sp³-hybridized carbons (Fsp3) is 0.167. The van der Waals surface area contributed by atoms with E-state index in [2.05, 4.69) is 34.1 Å². The molecule has 0 aromatic rings. The van der Waals surface area contributed by atoms with Gasteiger partial charge in [0.2, 0.25) is 0 Å². The second kappa shape index (κ2) is 3.61. The zero-order valence-electron chi connectivity index (χ0n) is 4.82. The molecule has 0 spiro atoms. The number of hydrogen-bond acceptors (Lipinski definition) is 1. The Hall–Kier alpha value is -0.370. The predicted octanol–water partition coefficient (Wildman–Crippen LogP) is 2.50. The molecule has 0 rings (SSSR count). The van der Waals surface area contributed by atoms with Crippen LogP contribution in [0, 0.1) is 0 Å². The van der Waals surface area contributed by atoms with Gasteiger partial charge in [0.05, 0.1) is 4.61 Å². The molecule has 0 aromatic carbocycles. The molecule has 0 heterocycles. The lowest BCUT2D eigenvalue weighted by molar-refractivity contribution is 1.53. The molecule has 0 aliphatic heterocycles. The van der Waals surface area contributed by atoms with Crippen molar-refractivity contribution in [3.05, 3.63) is 23.8 Å². The fourth-order valence-corrected chi connectivity index (χ4v) is 0.517. The summed E-state index contributed by atoms with van der Waals surface area (Å²) in [5.74, 6) is 0. The van der Waals surface area contributed by atoms with Crippen LogP contribution in [-0.2, 0) is 0 Å². The average molecular weight is 174 g/mol. The molecule has 0 aliphatic carbocycles. The highest BCUT2D eigenvalue weighted by Gasteiger charge is 1.79. The van der Waals surface area contributed by atoms with Crippen molar-refractivity contribution in [2.75, 3.05) is 0 Å². The van der Waals surface area contributed by atoms with E-state index in [1.807, 2.05) is 6.92 Å². The molecule has 0 saturated heterocycles. The lowest BCUT2D eigenvalue weighted by atomic mass is 10.4. The van der Waals surface area contributed by atoms with Crippen LogP contribution in [-0.4, -0.2) is 5.71 Å². The molecule has 0 bridgehead atoms. The Balaban J connectivity index is 3.94. The monoisotopic (exact) mass is 173 g/mol. The highest BCUT2D eigenvalue weighted by Crippen LogP contribution is 2.01. The molecule has 0 aliphatic rings. The Bertz CT molecular complexity index is 135. The Morgan fingerprint density at radius 2 is 2.25 bits per heavy atom. The number of hydrogen-bond donors (Lipinski definition) is 0. The van der Waals surface area contributed by atoms with Crippen LogP contribution in [0.25, 0.3) is 0 Å². The minimum absolute atomic E-state index is 0.634. The largest absolute Gasteiger partial charge is 0.247 e. The lowest BCUT2D eigenvalue weighted by Gasteiger charge is -1.85. The smallest absolute Gasteiger partial charge is 0.0987 e. The lowest BCUT2D eigenvalue weighted by Crippen LogP contribution is -1.79. The van der Waals surface area contributed by atoms with Crippen LogP contribution in [0.2, 0.25) is 0 Å². The standard InChI is InChI=1S/C6H8BrN/c1-4-5(2)8-6(3)7/h4H,1,3H2,2H3/b8-5-. The van der Waals surface area contributed by atoms with E-state index in [-0.39, 0.29) is 0 Å². The Morgan fingerprint density at radius 3 is 2.38 bits per heavy atom. The van der Waals surface area contributed by atoms with E-state index in [0.717, 1.165) is 5.71 Å². The number of rotatable bonds is 2. The van der Waals surface area contributed by atoms with Gasteiger partial charge in [-0.3, -0.25) is 0 Å². The molecule has 0 fully saturated rings. The summed E-state index contributed by atoms with van der Waals surface area (Å²) in [4.78, 5) is 3.92. The van der Waals surface area contributed by atoms with Crippen molar-refractivity contribution in [2.24, 2.45) is 4.99 Å². The first-order valence-electron chi connectivity index (χ1n) is 2.19. The molecule has 0 N–H and O–H groups in total. The van der Waals surface area contributed by atoms with Crippen LogP contribution >= 0.6 is 15.9 Å². The van der Waals surface area contributed by atoms with E-state index in [4.69, 9.17) is 0 Å². The first-order chi connectivity index (χ1) is 3.66. The molecule has 0 amide bonds. The van der Waals surface area contributed by atoms with E-state index in [1.165, 1.54) is 0 Å². The van der Waals surface area contributed by atoms with Crippen molar-refractivity contribution in [3.8, 4) is 0 Å². The van der Waals surface area contributed by atoms with E-state index in [1.54, 1.807) is 6.08 Å². The van der Waals surface area contributed by atoms with Gasteiger partial charge in [-0.15, -0.1) is 0 Å². The maximum Gasteiger partial charge on any atom is 0.0987 e. The second-order valence-electron chi connectivity index (χ2n) is 1.33. The number of nitrogens with zero attached hydrogens (tertiary/aromatic N) is 1. The van der Waals surface area contributed by atoms with E-state index < -0.39 is 0 Å². The molecule has 44 valence electrons. The third-order valence-corrected chi connectivity index (χ3v) is 0.770. The van der Waals surface area contributed by atoms with Crippen molar-refractivity contribution in [3.63, 3.8) is 0 Å². The molecule has 0 atom stereocenters. The minimum atomic E-state index is 0.634. The molecular formula is C6H8BrN. The van der Waals surface area contributed by atoms with Crippen molar-refractivity contribution >= 4 is 21.6 Å². The van der Waals surface area contributed by atoms with Crippen LogP contribution in [0.4, 0.5) is 0 Å². The molecule has 2 heteroatoms. The number of aliphatic imine (C=N–C) groups is 1. The van der Waals surface area contributed by atoms with Crippen LogP contribution in [0.1, 0.15) is 6.92 Å². The van der Waals surface area contributed by atoms with Gasteiger partial charge >= 0.3 is 0 Å². The third-order valence-electron chi connectivity index (χ3n) is 0.593. The van der Waals surface area contributed by atoms with Gasteiger partial charge in [-0.25, -0.2) is 4.99 Å². The predicted molar refractivity (Wildman–Crippen MR) is 41.4 cm³/mol. The molecule has 8 heavy (non-hydrogen) atoms. The summed E-state index contributed by atoms with van der Waals surface area (Å²) >= 11 is 3.09. The maximum atomic E-state index is 3.92. The molecule has 1 nitrogen and oxygen atoms in total. The van der Waals surface area contributed by atoms with Gasteiger partial charge in [-0.2, -0.15) is 0 Å². The van der Waals surface area contributed by atoms with E-state index >= 15 is 0 Å². The third kappa shape index (κ3) is 3.81. The number of allylic oxidation sites excluding steroid dienone is 1. The van der Waals surface area contributed by atoms with Gasteiger partial charge in [0, 0.05) is 5.71 Å². The van der Waals surface area contributed by atoms with Gasteiger partial charge < -0.3 is 0 Å². The molecule has 0 radical (unpaired) electrons. The van der Waals surface area contributed by atoms with Crippen LogP contribution in [0.5, 0.6) is 0 Å². The van der Waals surface area contributed by atoms with Crippen molar-refractivity contribution in [1.82, 2.24) is 0 Å². The Kier molecular flexibility index (Phi) is 3.44. The summed E-state index contributed by atoms with van der Waals surface area (Å²) in [5.41, 5.74) is 0.867. The maximum absolute atomic E-state index is 3.92. The van der Waals surface area contributed by atoms with Gasteiger partial charge in [-0.05, 0) is 28.9 Å². The zero-order valence-corrected chi connectivity index (χ0v) is 6.40. The molecule has 0 unspecified atom stereocenters. The molecular weight excluding hydrogens is 166 g/mol.